The van der Waals surface area contributed by atoms with Crippen molar-refractivity contribution in [3.63, 3.8) is 0 Å². The zero-order valence-electron chi connectivity index (χ0n) is 17.0. The van der Waals surface area contributed by atoms with Crippen LogP contribution in [0.1, 0.15) is 17.3 Å². The van der Waals surface area contributed by atoms with Gasteiger partial charge in [0.25, 0.3) is 11.6 Å². The van der Waals surface area contributed by atoms with Crippen LogP contribution in [0, 0.1) is 15.9 Å². The maximum Gasteiger partial charge on any atom is 0.270 e. The molecule has 0 atom stereocenters. The second-order valence-electron chi connectivity index (χ2n) is 6.81. The number of hydrogen-bond donors (Lipinski definition) is 2. The molecule has 33 heavy (non-hydrogen) atoms. The largest absolute Gasteiger partial charge is 0.322 e. The molecule has 0 saturated carbocycles. The molecule has 4 rings (SSSR count). The summed E-state index contributed by atoms with van der Waals surface area (Å²) >= 11 is 2.25. The Kier molecular flexibility index (Phi) is 6.33. The molecule has 0 radical (unpaired) electrons. The van der Waals surface area contributed by atoms with E-state index in [1.807, 2.05) is 0 Å². The highest BCUT2D eigenvalue weighted by atomic mass is 32.2. The number of nitrogens with zero attached hydrogens (tertiary/aromatic N) is 2. The van der Waals surface area contributed by atoms with Crippen LogP contribution < -0.4 is 10.6 Å². The second kappa shape index (κ2) is 9.35. The Morgan fingerprint density at radius 2 is 1.85 bits per heavy atom. The van der Waals surface area contributed by atoms with Gasteiger partial charge in [-0.3, -0.25) is 19.7 Å². The maximum atomic E-state index is 14.1. The van der Waals surface area contributed by atoms with Crippen LogP contribution in [0.4, 0.5) is 20.9 Å². The molecule has 0 aliphatic heterocycles. The smallest absolute Gasteiger partial charge is 0.270 e. The molecule has 1 heterocycles. The first-order chi connectivity index (χ1) is 15.8. The quantitative estimate of drug-likeness (QED) is 0.269. The van der Waals surface area contributed by atoms with E-state index in [0.717, 1.165) is 16.5 Å². The van der Waals surface area contributed by atoms with E-state index in [4.69, 9.17) is 0 Å². The summed E-state index contributed by atoms with van der Waals surface area (Å²) in [6.07, 6.45) is 0. The first-order valence-electron chi connectivity index (χ1n) is 9.50. The minimum Gasteiger partial charge on any atom is -0.322 e. The van der Waals surface area contributed by atoms with E-state index in [2.05, 4.69) is 15.6 Å². The van der Waals surface area contributed by atoms with Gasteiger partial charge < -0.3 is 10.6 Å². The molecule has 3 aromatic carbocycles. The molecule has 2 amide bonds. The van der Waals surface area contributed by atoms with E-state index in [-0.39, 0.29) is 22.1 Å². The number of halogens is 1. The van der Waals surface area contributed by atoms with Crippen molar-refractivity contribution in [3.05, 3.63) is 82.2 Å². The number of amides is 2. The number of hydrogen-bond acceptors (Lipinski definition) is 7. The third-order valence-corrected chi connectivity index (χ3v) is 6.46. The van der Waals surface area contributed by atoms with E-state index in [1.54, 1.807) is 36.4 Å². The van der Waals surface area contributed by atoms with Crippen LogP contribution >= 0.6 is 23.1 Å². The minimum atomic E-state index is -0.596. The highest BCUT2D eigenvalue weighted by Gasteiger charge is 2.19. The zero-order valence-corrected chi connectivity index (χ0v) is 18.6. The molecule has 1 aromatic heterocycles. The lowest BCUT2D eigenvalue weighted by atomic mass is 10.2. The predicted octanol–water partition coefficient (Wildman–Crippen LogP) is 5.71. The van der Waals surface area contributed by atoms with Gasteiger partial charge in [-0.25, -0.2) is 9.37 Å². The number of non-ortho nitro benzene ring substituents is 1. The summed E-state index contributed by atoms with van der Waals surface area (Å²) in [5.74, 6) is -1.28. The first kappa shape index (κ1) is 22.4. The zero-order chi connectivity index (χ0) is 23.5. The minimum absolute atomic E-state index is 0.0424. The van der Waals surface area contributed by atoms with Crippen LogP contribution in [0.15, 0.2) is 70.5 Å². The van der Waals surface area contributed by atoms with Crippen molar-refractivity contribution in [2.75, 3.05) is 10.6 Å². The van der Waals surface area contributed by atoms with Gasteiger partial charge in [0, 0.05) is 34.5 Å². The monoisotopic (exact) mass is 482 g/mol. The van der Waals surface area contributed by atoms with Crippen LogP contribution in [0.3, 0.4) is 0 Å². The topological polar surface area (TPSA) is 114 Å². The van der Waals surface area contributed by atoms with Gasteiger partial charge in [-0.2, -0.15) is 0 Å². The third-order valence-electron chi connectivity index (χ3n) is 4.40. The molecule has 4 aromatic rings. The van der Waals surface area contributed by atoms with E-state index in [9.17, 15) is 24.1 Å². The van der Waals surface area contributed by atoms with Crippen molar-refractivity contribution in [3.8, 4) is 0 Å². The summed E-state index contributed by atoms with van der Waals surface area (Å²) < 4.78 is 14.9. The Labute approximate surface area is 195 Å². The summed E-state index contributed by atoms with van der Waals surface area (Å²) in [5.41, 5.74) is 0.878. The van der Waals surface area contributed by atoms with Gasteiger partial charge in [-0.1, -0.05) is 35.2 Å². The van der Waals surface area contributed by atoms with Gasteiger partial charge in [0.15, 0.2) is 5.13 Å². The number of benzene rings is 3. The van der Waals surface area contributed by atoms with Crippen molar-refractivity contribution in [2.24, 2.45) is 0 Å². The Balaban J connectivity index is 1.65. The van der Waals surface area contributed by atoms with E-state index >= 15 is 0 Å². The number of anilines is 2. The van der Waals surface area contributed by atoms with Crippen molar-refractivity contribution < 1.29 is 18.9 Å². The Bertz CT molecular complexity index is 1410. The number of carbonyl (C=O) groups is 2. The standard InChI is InChI=1S/C22H15FN4O4S2/c1-12(28)24-22-26-17-8-6-13(10-20(17)33-22)25-21(29)15-11-14(27(30)31)7-9-18(15)32-19-5-3-2-4-16(19)23/h2-11H,1H3,(H,25,29)(H,24,26,28). The van der Waals surface area contributed by atoms with E-state index in [0.29, 0.717) is 21.2 Å². The lowest BCUT2D eigenvalue weighted by Crippen LogP contribution is -2.13. The third kappa shape index (κ3) is 5.16. The lowest BCUT2D eigenvalue weighted by Gasteiger charge is -2.11. The van der Waals surface area contributed by atoms with Crippen LogP contribution in [0.25, 0.3) is 10.2 Å². The van der Waals surface area contributed by atoms with Gasteiger partial charge in [0.05, 0.1) is 20.7 Å². The molecule has 0 saturated heterocycles. The summed E-state index contributed by atoms with van der Waals surface area (Å²) in [4.78, 5) is 39.9. The molecule has 0 aliphatic rings. The number of aromatic nitrogens is 1. The molecule has 8 nitrogen and oxygen atoms in total. The van der Waals surface area contributed by atoms with Crippen molar-refractivity contribution in [1.29, 1.82) is 0 Å². The Morgan fingerprint density at radius 3 is 2.58 bits per heavy atom. The molecule has 11 heteroatoms. The number of nitrogens with one attached hydrogen (secondary N) is 2. The average molecular weight is 483 g/mol. The normalized spacial score (nSPS) is 10.7. The SMILES string of the molecule is CC(=O)Nc1nc2ccc(NC(=O)c3cc([N+](=O)[O-])ccc3Sc3ccccc3F)cc2s1. The fraction of sp³-hybridized carbons (Fsp3) is 0.0455. The van der Waals surface area contributed by atoms with Crippen LogP contribution in [0.2, 0.25) is 0 Å². The summed E-state index contributed by atoms with van der Waals surface area (Å²) in [6, 6.07) is 15.0. The number of thiazole rings is 1. The van der Waals surface area contributed by atoms with Crippen molar-refractivity contribution in [1.82, 2.24) is 4.98 Å². The van der Waals surface area contributed by atoms with Gasteiger partial charge in [-0.05, 0) is 36.4 Å². The summed E-state index contributed by atoms with van der Waals surface area (Å²) in [5, 5.41) is 17.0. The second-order valence-corrected chi connectivity index (χ2v) is 8.92. The lowest BCUT2D eigenvalue weighted by molar-refractivity contribution is -0.384. The van der Waals surface area contributed by atoms with Gasteiger partial charge in [-0.15, -0.1) is 0 Å². The summed E-state index contributed by atoms with van der Waals surface area (Å²) in [7, 11) is 0. The molecule has 0 bridgehead atoms. The van der Waals surface area contributed by atoms with Crippen molar-refractivity contribution in [2.45, 2.75) is 16.7 Å². The Morgan fingerprint density at radius 1 is 1.06 bits per heavy atom. The van der Waals surface area contributed by atoms with Crippen LogP contribution in [-0.4, -0.2) is 21.7 Å². The molecule has 2 N–H and O–H groups in total. The predicted molar refractivity (Wildman–Crippen MR) is 125 cm³/mol. The van der Waals surface area contributed by atoms with Gasteiger partial charge in [0.2, 0.25) is 5.91 Å². The fourth-order valence-electron chi connectivity index (χ4n) is 2.95. The molecular formula is C22H15FN4O4S2. The van der Waals surface area contributed by atoms with Crippen molar-refractivity contribution >= 4 is 61.6 Å². The van der Waals surface area contributed by atoms with Gasteiger partial charge in [0.1, 0.15) is 5.82 Å². The van der Waals surface area contributed by atoms with Crippen LogP contribution in [-0.2, 0) is 4.79 Å². The highest BCUT2D eigenvalue weighted by Crippen LogP contribution is 2.35. The van der Waals surface area contributed by atoms with E-state index in [1.165, 1.54) is 42.5 Å². The van der Waals surface area contributed by atoms with E-state index < -0.39 is 16.6 Å². The highest BCUT2D eigenvalue weighted by molar-refractivity contribution is 7.99. The molecule has 0 unspecified atom stereocenters. The number of nitro benzene ring substituents is 1. The number of rotatable bonds is 6. The molecular weight excluding hydrogens is 467 g/mol. The van der Waals surface area contributed by atoms with Gasteiger partial charge >= 0.3 is 0 Å². The average Bonchev–Trinajstić information content (AvgIpc) is 3.16. The molecule has 0 spiro atoms. The Hall–Kier alpha value is -3.83. The number of fused-ring (bicyclic) bond motifs is 1. The molecule has 0 fully saturated rings. The summed E-state index contributed by atoms with van der Waals surface area (Å²) in [6.45, 7) is 1.38. The number of carbonyl (C=O) groups excluding carboxylic acids is 2. The maximum absolute atomic E-state index is 14.1. The molecule has 0 aliphatic carbocycles. The fourth-order valence-corrected chi connectivity index (χ4v) is 4.85. The number of nitro groups is 1. The molecule has 166 valence electrons. The first-order valence-corrected chi connectivity index (χ1v) is 11.1. The van der Waals surface area contributed by atoms with Crippen LogP contribution in [0.5, 0.6) is 0 Å².